The summed E-state index contributed by atoms with van der Waals surface area (Å²) < 4.78 is 1.99. The normalized spacial score (nSPS) is 21.8. The van der Waals surface area contributed by atoms with E-state index in [-0.39, 0.29) is 0 Å². The van der Waals surface area contributed by atoms with Gasteiger partial charge in [-0.3, -0.25) is 0 Å². The minimum atomic E-state index is 0.368. The first-order valence-electron chi connectivity index (χ1n) is 7.19. The average molecular weight is 271 g/mol. The molecule has 3 rings (SSSR count). The van der Waals surface area contributed by atoms with Crippen molar-refractivity contribution in [3.8, 4) is 11.4 Å². The van der Waals surface area contributed by atoms with Gasteiger partial charge in [0.25, 0.3) is 0 Å². The van der Waals surface area contributed by atoms with Gasteiger partial charge in [0.05, 0.1) is 6.04 Å². The first-order valence-corrected chi connectivity index (χ1v) is 7.19. The van der Waals surface area contributed by atoms with E-state index in [1.165, 1.54) is 12.8 Å². The maximum atomic E-state index is 5.74. The largest absolute Gasteiger partial charge is 0.399 e. The standard InChI is InChI=1S/C15H21N5/c1-15(2)9-3-4-13(10-15)20-14(17-18-19-20)11-5-7-12(16)8-6-11/h5-8,13H,3-4,9-10,16H2,1-2H3. The highest BCUT2D eigenvalue weighted by molar-refractivity contribution is 5.58. The number of anilines is 1. The summed E-state index contributed by atoms with van der Waals surface area (Å²) in [5.41, 5.74) is 7.88. The average Bonchev–Trinajstić information content (AvgIpc) is 2.87. The summed E-state index contributed by atoms with van der Waals surface area (Å²) in [4.78, 5) is 0. The van der Waals surface area contributed by atoms with Crippen LogP contribution in [-0.4, -0.2) is 20.2 Å². The molecule has 0 spiro atoms. The lowest BCUT2D eigenvalue weighted by Crippen LogP contribution is -2.26. The Morgan fingerprint density at radius 1 is 1.25 bits per heavy atom. The van der Waals surface area contributed by atoms with Crippen LogP contribution < -0.4 is 5.73 Å². The Morgan fingerprint density at radius 2 is 2.00 bits per heavy atom. The van der Waals surface area contributed by atoms with Crippen LogP contribution in [0, 0.1) is 5.41 Å². The Kier molecular flexibility index (Phi) is 3.20. The predicted molar refractivity (Wildman–Crippen MR) is 79.0 cm³/mol. The number of hydrogen-bond donors (Lipinski definition) is 1. The highest BCUT2D eigenvalue weighted by atomic mass is 15.5. The molecule has 5 nitrogen and oxygen atoms in total. The van der Waals surface area contributed by atoms with Crippen LogP contribution >= 0.6 is 0 Å². The zero-order valence-electron chi connectivity index (χ0n) is 12.1. The van der Waals surface area contributed by atoms with Gasteiger partial charge in [0.2, 0.25) is 0 Å². The molecule has 0 saturated heterocycles. The summed E-state index contributed by atoms with van der Waals surface area (Å²) in [6, 6.07) is 8.12. The van der Waals surface area contributed by atoms with Gasteiger partial charge in [-0.25, -0.2) is 4.68 Å². The van der Waals surface area contributed by atoms with Gasteiger partial charge < -0.3 is 5.73 Å². The van der Waals surface area contributed by atoms with Crippen molar-refractivity contribution in [3.63, 3.8) is 0 Å². The smallest absolute Gasteiger partial charge is 0.182 e. The van der Waals surface area contributed by atoms with E-state index in [9.17, 15) is 0 Å². The number of aromatic nitrogens is 4. The molecule has 1 heterocycles. The van der Waals surface area contributed by atoms with Crippen molar-refractivity contribution >= 4 is 5.69 Å². The molecule has 0 amide bonds. The number of rotatable bonds is 2. The van der Waals surface area contributed by atoms with Gasteiger partial charge in [0.15, 0.2) is 5.82 Å². The van der Waals surface area contributed by atoms with Crippen LogP contribution in [0.5, 0.6) is 0 Å². The minimum absolute atomic E-state index is 0.368. The second-order valence-corrected chi connectivity index (χ2v) is 6.48. The fourth-order valence-electron chi connectivity index (χ4n) is 3.13. The third-order valence-electron chi connectivity index (χ3n) is 4.19. The Morgan fingerprint density at radius 3 is 2.70 bits per heavy atom. The van der Waals surface area contributed by atoms with Crippen molar-refractivity contribution in [2.75, 3.05) is 5.73 Å². The number of tetrazole rings is 1. The predicted octanol–water partition coefficient (Wildman–Crippen LogP) is 3.06. The van der Waals surface area contributed by atoms with Gasteiger partial charge in [-0.1, -0.05) is 20.3 Å². The quantitative estimate of drug-likeness (QED) is 0.852. The Hall–Kier alpha value is -1.91. The van der Waals surface area contributed by atoms with E-state index in [4.69, 9.17) is 5.73 Å². The molecule has 1 unspecified atom stereocenters. The highest BCUT2D eigenvalue weighted by Crippen LogP contribution is 2.41. The summed E-state index contributed by atoms with van der Waals surface area (Å²) >= 11 is 0. The lowest BCUT2D eigenvalue weighted by Gasteiger charge is -2.35. The van der Waals surface area contributed by atoms with Crippen LogP contribution in [-0.2, 0) is 0 Å². The molecule has 1 fully saturated rings. The molecule has 20 heavy (non-hydrogen) atoms. The highest BCUT2D eigenvalue weighted by Gasteiger charge is 2.31. The molecule has 1 aliphatic rings. The van der Waals surface area contributed by atoms with Gasteiger partial charge in [0.1, 0.15) is 0 Å². The lowest BCUT2D eigenvalue weighted by atomic mass is 9.75. The fraction of sp³-hybridized carbons (Fsp3) is 0.533. The molecule has 1 aromatic heterocycles. The summed E-state index contributed by atoms with van der Waals surface area (Å²) in [6.45, 7) is 4.65. The van der Waals surface area contributed by atoms with E-state index in [1.54, 1.807) is 0 Å². The molecular weight excluding hydrogens is 250 g/mol. The number of nitrogens with two attached hydrogens (primary N) is 1. The SMILES string of the molecule is CC1(C)CCCC(n2nnnc2-c2ccc(N)cc2)C1. The van der Waals surface area contributed by atoms with Gasteiger partial charge in [-0.15, -0.1) is 5.10 Å². The van der Waals surface area contributed by atoms with Gasteiger partial charge in [-0.05, 0) is 59.4 Å². The first kappa shape index (κ1) is 13.1. The molecular formula is C15H21N5. The molecule has 2 N–H and O–H groups in total. The zero-order valence-corrected chi connectivity index (χ0v) is 12.1. The molecule has 1 aromatic carbocycles. The topological polar surface area (TPSA) is 69.6 Å². The molecule has 5 heteroatoms. The van der Waals surface area contributed by atoms with Gasteiger partial charge in [-0.2, -0.15) is 0 Å². The maximum absolute atomic E-state index is 5.74. The fourth-order valence-corrected chi connectivity index (χ4v) is 3.13. The Labute approximate surface area is 119 Å². The van der Waals surface area contributed by atoms with E-state index in [2.05, 4.69) is 29.4 Å². The minimum Gasteiger partial charge on any atom is -0.399 e. The van der Waals surface area contributed by atoms with Crippen LogP contribution in [0.2, 0.25) is 0 Å². The van der Waals surface area contributed by atoms with E-state index < -0.39 is 0 Å². The van der Waals surface area contributed by atoms with Crippen LogP contribution in [0.4, 0.5) is 5.69 Å². The first-order chi connectivity index (χ1) is 9.55. The van der Waals surface area contributed by atoms with Gasteiger partial charge in [0, 0.05) is 11.3 Å². The second-order valence-electron chi connectivity index (χ2n) is 6.48. The zero-order chi connectivity index (χ0) is 14.2. The third-order valence-corrected chi connectivity index (χ3v) is 4.19. The Balaban J connectivity index is 1.92. The van der Waals surface area contributed by atoms with Crippen molar-refractivity contribution in [1.29, 1.82) is 0 Å². The van der Waals surface area contributed by atoms with Crippen LogP contribution in [0.25, 0.3) is 11.4 Å². The molecule has 0 aliphatic heterocycles. The van der Waals surface area contributed by atoms with E-state index in [0.29, 0.717) is 11.5 Å². The summed E-state index contributed by atoms with van der Waals surface area (Å²) in [7, 11) is 0. The molecule has 1 atom stereocenters. The van der Waals surface area contributed by atoms with Crippen LogP contribution in [0.1, 0.15) is 45.6 Å². The molecule has 0 bridgehead atoms. The molecule has 1 saturated carbocycles. The summed E-state index contributed by atoms with van der Waals surface area (Å²) in [6.07, 6.45) is 4.79. The third kappa shape index (κ3) is 2.53. The van der Waals surface area contributed by atoms with E-state index in [0.717, 1.165) is 29.9 Å². The van der Waals surface area contributed by atoms with Crippen molar-refractivity contribution in [2.45, 2.75) is 45.6 Å². The second kappa shape index (κ2) is 4.89. The van der Waals surface area contributed by atoms with Crippen molar-refractivity contribution in [2.24, 2.45) is 5.41 Å². The molecule has 0 radical (unpaired) electrons. The van der Waals surface area contributed by atoms with E-state index in [1.807, 2.05) is 28.9 Å². The van der Waals surface area contributed by atoms with Crippen LogP contribution in [0.15, 0.2) is 24.3 Å². The van der Waals surface area contributed by atoms with Crippen LogP contribution in [0.3, 0.4) is 0 Å². The number of nitrogen functional groups attached to an aromatic ring is 1. The van der Waals surface area contributed by atoms with Crippen molar-refractivity contribution in [3.05, 3.63) is 24.3 Å². The number of hydrogen-bond acceptors (Lipinski definition) is 4. The van der Waals surface area contributed by atoms with E-state index >= 15 is 0 Å². The molecule has 2 aromatic rings. The molecule has 1 aliphatic carbocycles. The number of nitrogens with zero attached hydrogens (tertiary/aromatic N) is 4. The van der Waals surface area contributed by atoms with Gasteiger partial charge >= 0.3 is 0 Å². The van der Waals surface area contributed by atoms with Crippen molar-refractivity contribution < 1.29 is 0 Å². The van der Waals surface area contributed by atoms with Crippen molar-refractivity contribution in [1.82, 2.24) is 20.2 Å². The molecule has 106 valence electrons. The summed E-state index contributed by atoms with van der Waals surface area (Å²) in [5.74, 6) is 0.840. The number of benzene rings is 1. The Bertz CT molecular complexity index is 585. The monoisotopic (exact) mass is 271 g/mol. The lowest BCUT2D eigenvalue weighted by molar-refractivity contribution is 0.174. The maximum Gasteiger partial charge on any atom is 0.182 e. The summed E-state index contributed by atoms with van der Waals surface area (Å²) in [5, 5.41) is 12.3.